The number of rotatable bonds is 14. The van der Waals surface area contributed by atoms with Gasteiger partial charge in [-0.15, -0.1) is 0 Å². The zero-order valence-electron chi connectivity index (χ0n) is 23.9. The van der Waals surface area contributed by atoms with Gasteiger partial charge in [-0.2, -0.15) is 0 Å². The van der Waals surface area contributed by atoms with Crippen molar-refractivity contribution < 1.29 is 50.8 Å². The number of anilines is 2. The predicted molar refractivity (Wildman–Crippen MR) is 163 cm³/mol. The van der Waals surface area contributed by atoms with E-state index in [9.17, 15) is 36.6 Å². The number of ether oxygens (including phenoxy) is 3. The minimum Gasteiger partial charge on any atom is -0.497 e. The van der Waals surface area contributed by atoms with Crippen molar-refractivity contribution in [3.8, 4) is 23.0 Å². The van der Waals surface area contributed by atoms with E-state index in [-0.39, 0.29) is 32.7 Å². The van der Waals surface area contributed by atoms with Crippen LogP contribution in [0.3, 0.4) is 0 Å². The van der Waals surface area contributed by atoms with Crippen LogP contribution in [-0.2, 0) is 29.6 Å². The lowest BCUT2D eigenvalue weighted by molar-refractivity contribution is -0.136. The van der Waals surface area contributed by atoms with Gasteiger partial charge in [-0.3, -0.25) is 18.2 Å². The number of carboxylic acid groups (broad SMARTS) is 2. The van der Waals surface area contributed by atoms with Crippen LogP contribution in [0.2, 0.25) is 0 Å². The van der Waals surface area contributed by atoms with Crippen LogP contribution in [0, 0.1) is 0 Å². The van der Waals surface area contributed by atoms with E-state index < -0.39 is 45.1 Å². The topological polar surface area (TPSA) is 177 Å². The summed E-state index contributed by atoms with van der Waals surface area (Å²) in [7, 11) is -6.23. The molecule has 2 N–H and O–H groups in total. The van der Waals surface area contributed by atoms with Gasteiger partial charge in [-0.25, -0.2) is 16.8 Å². The maximum Gasteiger partial charge on any atom is 0.324 e. The van der Waals surface area contributed by atoms with Crippen LogP contribution >= 0.6 is 0 Å². The fraction of sp³-hybridized carbons (Fsp3) is 0.133. The number of sulfonamides is 2. The van der Waals surface area contributed by atoms with E-state index in [2.05, 4.69) is 0 Å². The monoisotopic (exact) mass is 656 g/mol. The lowest BCUT2D eigenvalue weighted by Gasteiger charge is -2.27. The molecular formula is C30H28N2O11S2. The van der Waals surface area contributed by atoms with Crippen LogP contribution in [0.15, 0.2) is 107 Å². The van der Waals surface area contributed by atoms with Gasteiger partial charge >= 0.3 is 11.9 Å². The first kappa shape index (κ1) is 32.6. The summed E-state index contributed by atoms with van der Waals surface area (Å²) in [6.45, 7) is -2.02. The zero-order chi connectivity index (χ0) is 32.8. The number of aliphatic carboxylic acids is 2. The van der Waals surface area contributed by atoms with Crippen molar-refractivity contribution in [2.45, 2.75) is 9.79 Å². The molecule has 0 aromatic heterocycles. The second kappa shape index (κ2) is 13.6. The van der Waals surface area contributed by atoms with Gasteiger partial charge in [0.25, 0.3) is 20.0 Å². The zero-order valence-corrected chi connectivity index (χ0v) is 25.6. The molecule has 13 nitrogen and oxygen atoms in total. The average Bonchev–Trinajstić information content (AvgIpc) is 3.03. The molecule has 0 aliphatic carbocycles. The van der Waals surface area contributed by atoms with Crippen LogP contribution in [0.1, 0.15) is 0 Å². The van der Waals surface area contributed by atoms with Crippen molar-refractivity contribution in [3.05, 3.63) is 97.1 Å². The molecule has 0 heterocycles. The first-order valence-corrected chi connectivity index (χ1v) is 15.9. The summed E-state index contributed by atoms with van der Waals surface area (Å²) in [5.74, 6) is -2.29. The van der Waals surface area contributed by atoms with E-state index in [1.54, 1.807) is 30.3 Å². The van der Waals surface area contributed by atoms with Crippen molar-refractivity contribution in [1.29, 1.82) is 0 Å². The minimum atomic E-state index is -4.54. The lowest BCUT2D eigenvalue weighted by Crippen LogP contribution is -2.37. The fourth-order valence-electron chi connectivity index (χ4n) is 4.17. The molecule has 0 fully saturated rings. The Morgan fingerprint density at radius 2 is 1.09 bits per heavy atom. The molecular weight excluding hydrogens is 628 g/mol. The Bertz CT molecular complexity index is 1880. The largest absolute Gasteiger partial charge is 0.497 e. The van der Waals surface area contributed by atoms with Gasteiger partial charge in [-0.1, -0.05) is 18.2 Å². The van der Waals surface area contributed by atoms with E-state index in [1.807, 2.05) is 0 Å². The van der Waals surface area contributed by atoms with Crippen LogP contribution in [0.25, 0.3) is 0 Å². The predicted octanol–water partition coefficient (Wildman–Crippen LogP) is 4.06. The molecule has 0 saturated carbocycles. The highest BCUT2D eigenvalue weighted by atomic mass is 32.2. The SMILES string of the molecule is COc1ccc(S(=O)(=O)N(CC(=O)O)c2ccc(N(CC(=O)O)S(=O)(=O)c3ccc(OC)cc3)c(Oc3ccccc3)c2)cc1. The van der Waals surface area contributed by atoms with Gasteiger partial charge in [-0.05, 0) is 72.8 Å². The summed E-state index contributed by atoms with van der Waals surface area (Å²) in [4.78, 5) is 23.3. The minimum absolute atomic E-state index is 0.194. The van der Waals surface area contributed by atoms with Crippen LogP contribution < -0.4 is 22.8 Å². The quantitative estimate of drug-likeness (QED) is 0.200. The second-order valence-electron chi connectivity index (χ2n) is 9.23. The standard InChI is InChI=1S/C30H28N2O11S2/c1-41-22-9-13-25(14-10-22)44(37,38)31(19-29(33)34)21-8-17-27(28(18-21)43-24-6-4-3-5-7-24)32(20-30(35)36)45(39,40)26-15-11-23(42-2)12-16-26/h3-18H,19-20H2,1-2H3,(H,33,34)(H,35,36). The third-order valence-electron chi connectivity index (χ3n) is 6.32. The van der Waals surface area contributed by atoms with Crippen LogP contribution in [0.4, 0.5) is 11.4 Å². The Balaban J connectivity index is 1.91. The Labute approximate surface area is 259 Å². The lowest BCUT2D eigenvalue weighted by atomic mass is 10.2. The summed E-state index contributed by atoms with van der Waals surface area (Å²) in [6.07, 6.45) is 0. The molecule has 0 unspecified atom stereocenters. The Kier molecular flexibility index (Phi) is 9.84. The van der Waals surface area contributed by atoms with Crippen molar-refractivity contribution >= 4 is 43.4 Å². The van der Waals surface area contributed by atoms with Crippen molar-refractivity contribution in [2.75, 3.05) is 35.9 Å². The van der Waals surface area contributed by atoms with Gasteiger partial charge in [0.05, 0.1) is 35.4 Å². The number of carbonyl (C=O) groups is 2. The molecule has 0 aliphatic heterocycles. The Morgan fingerprint density at radius 1 is 0.622 bits per heavy atom. The molecule has 0 bridgehead atoms. The van der Waals surface area contributed by atoms with Crippen molar-refractivity contribution in [3.63, 3.8) is 0 Å². The van der Waals surface area contributed by atoms with Crippen molar-refractivity contribution in [1.82, 2.24) is 0 Å². The molecule has 0 saturated heterocycles. The summed E-state index contributed by atoms with van der Waals surface area (Å²) < 4.78 is 72.3. The van der Waals surface area contributed by atoms with Crippen molar-refractivity contribution in [2.24, 2.45) is 0 Å². The third-order valence-corrected chi connectivity index (χ3v) is 9.89. The highest BCUT2D eigenvalue weighted by molar-refractivity contribution is 7.93. The molecule has 0 spiro atoms. The number of methoxy groups -OCH3 is 2. The van der Waals surface area contributed by atoms with Gasteiger partial charge in [0.15, 0.2) is 5.75 Å². The smallest absolute Gasteiger partial charge is 0.324 e. The molecule has 0 aliphatic rings. The fourth-order valence-corrected chi connectivity index (χ4v) is 7.00. The van der Waals surface area contributed by atoms with E-state index in [1.165, 1.54) is 62.8 Å². The number of hydrogen-bond acceptors (Lipinski definition) is 9. The Morgan fingerprint density at radius 3 is 1.56 bits per heavy atom. The molecule has 4 rings (SSSR count). The maximum absolute atomic E-state index is 13.8. The van der Waals surface area contributed by atoms with Crippen LogP contribution in [0.5, 0.6) is 23.0 Å². The number of hydrogen-bond donors (Lipinski definition) is 2. The van der Waals surface area contributed by atoms with E-state index in [4.69, 9.17) is 14.2 Å². The van der Waals surface area contributed by atoms with E-state index in [0.717, 1.165) is 18.2 Å². The molecule has 236 valence electrons. The summed E-state index contributed by atoms with van der Waals surface area (Å²) in [6, 6.07) is 22.0. The molecule has 4 aromatic rings. The molecule has 15 heteroatoms. The number of nitrogens with zero attached hydrogens (tertiary/aromatic N) is 2. The van der Waals surface area contributed by atoms with Gasteiger partial charge in [0, 0.05) is 6.07 Å². The maximum atomic E-state index is 13.8. The highest BCUT2D eigenvalue weighted by Gasteiger charge is 2.32. The average molecular weight is 657 g/mol. The van der Waals surface area contributed by atoms with Crippen LogP contribution in [-0.4, -0.2) is 66.3 Å². The summed E-state index contributed by atoms with van der Waals surface area (Å²) in [5.41, 5.74) is -0.446. The Hall–Kier alpha value is -5.28. The summed E-state index contributed by atoms with van der Waals surface area (Å²) in [5, 5.41) is 19.3. The van der Waals surface area contributed by atoms with E-state index >= 15 is 0 Å². The molecule has 0 amide bonds. The molecule has 4 aromatic carbocycles. The van der Waals surface area contributed by atoms with Gasteiger partial charge in [0.2, 0.25) is 0 Å². The number of carboxylic acids is 2. The number of benzene rings is 4. The number of para-hydroxylation sites is 1. The second-order valence-corrected chi connectivity index (χ2v) is 13.0. The summed E-state index contributed by atoms with van der Waals surface area (Å²) >= 11 is 0. The molecule has 0 radical (unpaired) electrons. The molecule has 45 heavy (non-hydrogen) atoms. The normalized spacial score (nSPS) is 11.3. The van der Waals surface area contributed by atoms with E-state index in [0.29, 0.717) is 20.1 Å². The van der Waals surface area contributed by atoms with Gasteiger partial charge in [0.1, 0.15) is 30.3 Å². The highest BCUT2D eigenvalue weighted by Crippen LogP contribution is 2.40. The van der Waals surface area contributed by atoms with Gasteiger partial charge < -0.3 is 24.4 Å². The third kappa shape index (κ3) is 7.45. The first-order valence-electron chi connectivity index (χ1n) is 13.0. The molecule has 0 atom stereocenters. The first-order chi connectivity index (χ1) is 21.4.